The molecule has 1 aromatic carbocycles. The smallest absolute Gasteiger partial charge is 0.264 e. The fourth-order valence-corrected chi connectivity index (χ4v) is 4.17. The molecule has 0 aromatic heterocycles. The Kier molecular flexibility index (Phi) is 7.78. The minimum absolute atomic E-state index is 0.292. The SMILES string of the molecule is CS(=O)(=O)OCC(OS(C)(=O)=O)C1OC(c2ccccc2)OCC1OS(C)(=O)=O. The summed E-state index contributed by atoms with van der Waals surface area (Å²) >= 11 is 0. The highest BCUT2D eigenvalue weighted by Crippen LogP contribution is 2.31. The maximum Gasteiger partial charge on any atom is 0.264 e. The molecule has 0 radical (unpaired) electrons. The summed E-state index contributed by atoms with van der Waals surface area (Å²) in [5, 5.41) is 0. The Morgan fingerprint density at radius 2 is 1.59 bits per heavy atom. The minimum atomic E-state index is -4.09. The molecule has 0 bridgehead atoms. The molecule has 0 amide bonds. The molecule has 0 spiro atoms. The van der Waals surface area contributed by atoms with E-state index in [9.17, 15) is 25.3 Å². The van der Waals surface area contributed by atoms with Crippen molar-refractivity contribution in [1.82, 2.24) is 0 Å². The summed E-state index contributed by atoms with van der Waals surface area (Å²) < 4.78 is 95.1. The molecule has 0 saturated carbocycles. The van der Waals surface area contributed by atoms with Crippen molar-refractivity contribution in [2.45, 2.75) is 24.6 Å². The fraction of sp³-hybridized carbons (Fsp3) is 0.600. The lowest BCUT2D eigenvalue weighted by atomic mass is 10.1. The summed E-state index contributed by atoms with van der Waals surface area (Å²) in [5.74, 6) is 0. The summed E-state index contributed by atoms with van der Waals surface area (Å²) in [7, 11) is -12.0. The summed E-state index contributed by atoms with van der Waals surface area (Å²) in [6, 6.07) is 8.55. The Labute approximate surface area is 170 Å². The maximum absolute atomic E-state index is 11.7. The first kappa shape index (κ1) is 24.1. The molecule has 1 aromatic rings. The Hall–Kier alpha value is -1.13. The molecule has 1 heterocycles. The van der Waals surface area contributed by atoms with Gasteiger partial charge < -0.3 is 9.47 Å². The van der Waals surface area contributed by atoms with Gasteiger partial charge >= 0.3 is 0 Å². The first-order valence-electron chi connectivity index (χ1n) is 8.16. The van der Waals surface area contributed by atoms with Gasteiger partial charge in [0.2, 0.25) is 0 Å². The molecule has 166 valence electrons. The van der Waals surface area contributed by atoms with E-state index < -0.39 is 61.6 Å². The normalized spacial score (nSPS) is 24.9. The highest BCUT2D eigenvalue weighted by atomic mass is 32.2. The number of benzene rings is 1. The molecule has 1 fully saturated rings. The highest BCUT2D eigenvalue weighted by Gasteiger charge is 2.43. The van der Waals surface area contributed by atoms with Gasteiger partial charge in [-0.15, -0.1) is 0 Å². The van der Waals surface area contributed by atoms with Crippen LogP contribution in [0.25, 0.3) is 0 Å². The predicted molar refractivity (Wildman–Crippen MR) is 100 cm³/mol. The first-order chi connectivity index (χ1) is 13.2. The van der Waals surface area contributed by atoms with Crippen LogP contribution in [0.1, 0.15) is 11.9 Å². The van der Waals surface area contributed by atoms with Crippen molar-refractivity contribution in [3.8, 4) is 0 Å². The van der Waals surface area contributed by atoms with Crippen LogP contribution in [0, 0.1) is 0 Å². The van der Waals surface area contributed by atoms with E-state index in [2.05, 4.69) is 4.18 Å². The van der Waals surface area contributed by atoms with E-state index in [0.29, 0.717) is 5.56 Å². The van der Waals surface area contributed by atoms with Crippen LogP contribution in [0.5, 0.6) is 0 Å². The molecule has 29 heavy (non-hydrogen) atoms. The van der Waals surface area contributed by atoms with Crippen LogP contribution in [-0.2, 0) is 52.4 Å². The third-order valence-electron chi connectivity index (χ3n) is 3.54. The Morgan fingerprint density at radius 3 is 2.10 bits per heavy atom. The molecule has 1 aliphatic heterocycles. The molecule has 0 aliphatic carbocycles. The Balaban J connectivity index is 2.36. The third-order valence-corrected chi connectivity index (χ3v) is 5.30. The summed E-state index contributed by atoms with van der Waals surface area (Å²) in [6.45, 7) is -1.04. The molecule has 11 nitrogen and oxygen atoms in total. The van der Waals surface area contributed by atoms with E-state index in [1.165, 1.54) is 0 Å². The Morgan fingerprint density at radius 1 is 0.966 bits per heavy atom. The van der Waals surface area contributed by atoms with Crippen molar-refractivity contribution in [3.63, 3.8) is 0 Å². The lowest BCUT2D eigenvalue weighted by Gasteiger charge is -2.38. The van der Waals surface area contributed by atoms with Gasteiger partial charge in [-0.3, -0.25) is 12.5 Å². The largest absolute Gasteiger partial charge is 0.346 e. The van der Waals surface area contributed by atoms with E-state index in [0.717, 1.165) is 18.8 Å². The Bertz CT molecular complexity index is 987. The molecule has 2 rings (SSSR count). The van der Waals surface area contributed by atoms with Gasteiger partial charge in [0, 0.05) is 5.56 Å². The van der Waals surface area contributed by atoms with Gasteiger partial charge in [0.1, 0.15) is 18.3 Å². The van der Waals surface area contributed by atoms with E-state index in [1.807, 2.05) is 0 Å². The third kappa shape index (κ3) is 8.64. The van der Waals surface area contributed by atoms with Crippen molar-refractivity contribution in [3.05, 3.63) is 35.9 Å². The zero-order chi connectivity index (χ0) is 21.9. The molecular formula is C15H22O11S3. The average Bonchev–Trinajstić information content (AvgIpc) is 2.57. The molecule has 4 unspecified atom stereocenters. The topological polar surface area (TPSA) is 149 Å². The molecule has 1 aliphatic rings. The van der Waals surface area contributed by atoms with Crippen LogP contribution in [0.4, 0.5) is 0 Å². The van der Waals surface area contributed by atoms with E-state index in [4.69, 9.17) is 17.8 Å². The van der Waals surface area contributed by atoms with E-state index >= 15 is 0 Å². The molecule has 1 saturated heterocycles. The van der Waals surface area contributed by atoms with Crippen molar-refractivity contribution in [1.29, 1.82) is 0 Å². The van der Waals surface area contributed by atoms with Crippen LogP contribution in [0.15, 0.2) is 30.3 Å². The number of ether oxygens (including phenoxy) is 2. The van der Waals surface area contributed by atoms with E-state index in [1.54, 1.807) is 30.3 Å². The van der Waals surface area contributed by atoms with Gasteiger partial charge in [-0.05, 0) is 0 Å². The maximum atomic E-state index is 11.7. The fourth-order valence-electron chi connectivity index (χ4n) is 2.56. The van der Waals surface area contributed by atoms with E-state index in [-0.39, 0.29) is 6.61 Å². The summed E-state index contributed by atoms with van der Waals surface area (Å²) in [6.07, 6.45) is -2.86. The predicted octanol–water partition coefficient (Wildman–Crippen LogP) is -0.234. The molecule has 0 N–H and O–H groups in total. The van der Waals surface area contributed by atoms with Gasteiger partial charge in [0.05, 0.1) is 32.0 Å². The average molecular weight is 475 g/mol. The summed E-state index contributed by atoms with van der Waals surface area (Å²) in [4.78, 5) is 0. The highest BCUT2D eigenvalue weighted by molar-refractivity contribution is 7.86. The van der Waals surface area contributed by atoms with Gasteiger partial charge in [-0.25, -0.2) is 0 Å². The number of rotatable bonds is 9. The van der Waals surface area contributed by atoms with Crippen LogP contribution in [0.3, 0.4) is 0 Å². The van der Waals surface area contributed by atoms with Crippen LogP contribution in [0.2, 0.25) is 0 Å². The monoisotopic (exact) mass is 474 g/mol. The summed E-state index contributed by atoms with van der Waals surface area (Å²) in [5.41, 5.74) is 0.567. The number of hydrogen-bond donors (Lipinski definition) is 0. The minimum Gasteiger partial charge on any atom is -0.346 e. The van der Waals surface area contributed by atoms with Crippen molar-refractivity contribution in [2.24, 2.45) is 0 Å². The quantitative estimate of drug-likeness (QED) is 0.437. The standard InChI is InChI=1S/C15H22O11S3/c1-27(16,17)23-10-13(26-29(3,20)21)14-12(25-28(2,18)19)9-22-15(24-14)11-7-5-4-6-8-11/h4-8,12-15H,9-10H2,1-3H3. The van der Waals surface area contributed by atoms with Crippen LogP contribution in [-0.4, -0.2) is 75.5 Å². The zero-order valence-corrected chi connectivity index (χ0v) is 18.3. The molecule has 4 atom stereocenters. The second kappa shape index (κ2) is 9.34. The number of hydrogen-bond acceptors (Lipinski definition) is 11. The van der Waals surface area contributed by atoms with Gasteiger partial charge in [-0.1, -0.05) is 30.3 Å². The van der Waals surface area contributed by atoms with Crippen LogP contribution >= 0.6 is 0 Å². The van der Waals surface area contributed by atoms with Gasteiger partial charge in [0.15, 0.2) is 6.29 Å². The van der Waals surface area contributed by atoms with Crippen LogP contribution < -0.4 is 0 Å². The second-order valence-electron chi connectivity index (χ2n) is 6.34. The first-order valence-corrected chi connectivity index (χ1v) is 13.6. The van der Waals surface area contributed by atoms with Crippen molar-refractivity contribution in [2.75, 3.05) is 32.0 Å². The lowest BCUT2D eigenvalue weighted by Crippen LogP contribution is -2.52. The molecule has 14 heteroatoms. The second-order valence-corrected chi connectivity index (χ2v) is 11.2. The van der Waals surface area contributed by atoms with Gasteiger partial charge in [0.25, 0.3) is 30.4 Å². The van der Waals surface area contributed by atoms with Crippen molar-refractivity contribution >= 4 is 30.4 Å². The van der Waals surface area contributed by atoms with Gasteiger partial charge in [-0.2, -0.15) is 25.3 Å². The zero-order valence-electron chi connectivity index (χ0n) is 15.8. The lowest BCUT2D eigenvalue weighted by molar-refractivity contribution is -0.268. The molecular weight excluding hydrogens is 452 g/mol. The van der Waals surface area contributed by atoms with Crippen molar-refractivity contribution < 1.29 is 47.3 Å².